The van der Waals surface area contributed by atoms with Gasteiger partial charge in [0.15, 0.2) is 0 Å². The van der Waals surface area contributed by atoms with Crippen LogP contribution in [-0.2, 0) is 10.2 Å². The number of benzene rings is 1. The Balaban J connectivity index is 3.51. The Morgan fingerprint density at radius 3 is 1.79 bits per heavy atom. The van der Waals surface area contributed by atoms with Gasteiger partial charge in [-0.05, 0) is 22.8 Å². The van der Waals surface area contributed by atoms with Gasteiger partial charge in [-0.15, -0.1) is 0 Å². The molecule has 1 N–H and O–H groups in total. The summed E-state index contributed by atoms with van der Waals surface area (Å²) in [5.74, 6) is -0.735. The van der Waals surface area contributed by atoms with Crippen molar-refractivity contribution >= 4 is 5.97 Å². The molecule has 2 nitrogen and oxygen atoms in total. The van der Waals surface area contributed by atoms with Crippen LogP contribution in [0.15, 0.2) is 30.3 Å². The highest BCUT2D eigenvalue weighted by molar-refractivity contribution is 5.82. The summed E-state index contributed by atoms with van der Waals surface area (Å²) in [5.41, 5.74) is -0.383. The predicted octanol–water partition coefficient (Wildman–Crippen LogP) is 4.49. The van der Waals surface area contributed by atoms with E-state index in [-0.39, 0.29) is 10.8 Å². The van der Waals surface area contributed by atoms with Crippen LogP contribution in [-0.4, -0.2) is 11.1 Å². The third kappa shape index (κ3) is 3.17. The minimum absolute atomic E-state index is 0.0541. The first kappa shape index (κ1) is 15.7. The van der Waals surface area contributed by atoms with Gasteiger partial charge in [-0.1, -0.05) is 71.9 Å². The summed E-state index contributed by atoms with van der Waals surface area (Å²) >= 11 is 0. The molecule has 0 aliphatic rings. The molecule has 0 spiro atoms. The second-order valence-corrected chi connectivity index (χ2v) is 7.56. The summed E-state index contributed by atoms with van der Waals surface area (Å²) in [4.78, 5) is 12.1. The lowest BCUT2D eigenvalue weighted by atomic mass is 9.57. The summed E-state index contributed by atoms with van der Waals surface area (Å²) < 4.78 is 0. The van der Waals surface area contributed by atoms with Crippen LogP contribution in [0.4, 0.5) is 0 Å². The Morgan fingerprint density at radius 1 is 1.00 bits per heavy atom. The van der Waals surface area contributed by atoms with E-state index in [2.05, 4.69) is 20.8 Å². The zero-order valence-electron chi connectivity index (χ0n) is 12.9. The van der Waals surface area contributed by atoms with Gasteiger partial charge < -0.3 is 5.11 Å². The molecule has 0 fully saturated rings. The summed E-state index contributed by atoms with van der Waals surface area (Å²) in [6, 6.07) is 9.63. The number of carboxylic acids is 1. The molecular formula is C17H26O2. The molecule has 0 radical (unpaired) electrons. The monoisotopic (exact) mass is 262 g/mol. The van der Waals surface area contributed by atoms with Crippen LogP contribution >= 0.6 is 0 Å². The van der Waals surface area contributed by atoms with Crippen molar-refractivity contribution in [2.75, 3.05) is 0 Å². The largest absolute Gasteiger partial charge is 0.481 e. The molecule has 0 bridgehead atoms. The fourth-order valence-electron chi connectivity index (χ4n) is 2.84. The molecule has 0 saturated carbocycles. The van der Waals surface area contributed by atoms with Gasteiger partial charge in [0.25, 0.3) is 0 Å². The van der Waals surface area contributed by atoms with Crippen molar-refractivity contribution < 1.29 is 9.90 Å². The number of carboxylic acid groups (broad SMARTS) is 1. The van der Waals surface area contributed by atoms with Crippen molar-refractivity contribution in [1.29, 1.82) is 0 Å². The minimum Gasteiger partial charge on any atom is -0.481 e. The predicted molar refractivity (Wildman–Crippen MR) is 79.3 cm³/mol. The van der Waals surface area contributed by atoms with E-state index in [4.69, 9.17) is 0 Å². The lowest BCUT2D eigenvalue weighted by molar-refractivity contribution is -0.150. The van der Waals surface area contributed by atoms with Crippen LogP contribution in [0, 0.1) is 10.8 Å². The first-order valence-corrected chi connectivity index (χ1v) is 6.80. The van der Waals surface area contributed by atoms with Gasteiger partial charge >= 0.3 is 5.97 Å². The van der Waals surface area contributed by atoms with Crippen molar-refractivity contribution in [2.24, 2.45) is 10.8 Å². The molecule has 0 saturated heterocycles. The summed E-state index contributed by atoms with van der Waals surface area (Å²) in [6.45, 7) is 12.3. The number of rotatable bonds is 3. The molecule has 0 aromatic heterocycles. The molecule has 0 aliphatic carbocycles. The van der Waals surface area contributed by atoms with Crippen molar-refractivity contribution in [3.05, 3.63) is 35.9 Å². The Kier molecular flexibility index (Phi) is 4.14. The normalized spacial score (nSPS) is 15.9. The highest BCUT2D eigenvalue weighted by Crippen LogP contribution is 2.49. The third-order valence-corrected chi connectivity index (χ3v) is 3.71. The van der Waals surface area contributed by atoms with Crippen molar-refractivity contribution in [3.63, 3.8) is 0 Å². The van der Waals surface area contributed by atoms with E-state index >= 15 is 0 Å². The van der Waals surface area contributed by atoms with Gasteiger partial charge in [-0.3, -0.25) is 4.79 Å². The quantitative estimate of drug-likeness (QED) is 0.871. The smallest absolute Gasteiger partial charge is 0.314 e. The van der Waals surface area contributed by atoms with Crippen LogP contribution in [0.25, 0.3) is 0 Å². The van der Waals surface area contributed by atoms with Crippen molar-refractivity contribution in [2.45, 2.75) is 53.4 Å². The average molecular weight is 262 g/mol. The average Bonchev–Trinajstić information content (AvgIpc) is 2.23. The zero-order chi connectivity index (χ0) is 14.9. The second-order valence-electron chi connectivity index (χ2n) is 7.56. The van der Waals surface area contributed by atoms with E-state index in [1.165, 1.54) is 0 Å². The number of hydrogen-bond acceptors (Lipinski definition) is 1. The SMILES string of the molecule is CC(C)(C)CC(C(=O)O)(c1ccccc1)C(C)(C)C. The summed E-state index contributed by atoms with van der Waals surface area (Å²) in [5, 5.41) is 9.98. The maximum Gasteiger partial charge on any atom is 0.314 e. The Labute approximate surface area is 116 Å². The first-order valence-electron chi connectivity index (χ1n) is 6.80. The van der Waals surface area contributed by atoms with E-state index in [0.717, 1.165) is 5.56 Å². The van der Waals surface area contributed by atoms with E-state index in [9.17, 15) is 9.90 Å². The molecule has 1 atom stereocenters. The van der Waals surface area contributed by atoms with Gasteiger partial charge in [0.1, 0.15) is 0 Å². The number of hydrogen-bond donors (Lipinski definition) is 1. The van der Waals surface area contributed by atoms with Crippen LogP contribution in [0.5, 0.6) is 0 Å². The molecular weight excluding hydrogens is 236 g/mol. The molecule has 1 aromatic carbocycles. The number of carbonyl (C=O) groups is 1. The van der Waals surface area contributed by atoms with Crippen molar-refractivity contribution in [3.8, 4) is 0 Å². The highest BCUT2D eigenvalue weighted by atomic mass is 16.4. The Bertz CT molecular complexity index is 435. The molecule has 0 amide bonds. The lowest BCUT2D eigenvalue weighted by Crippen LogP contribution is -2.49. The van der Waals surface area contributed by atoms with Crippen LogP contribution in [0.2, 0.25) is 0 Å². The second kappa shape index (κ2) is 4.99. The summed E-state index contributed by atoms with van der Waals surface area (Å²) in [6.07, 6.45) is 0.614. The van der Waals surface area contributed by atoms with E-state index in [1.807, 2.05) is 51.1 Å². The topological polar surface area (TPSA) is 37.3 Å². The fraction of sp³-hybridized carbons (Fsp3) is 0.588. The molecule has 1 rings (SSSR count). The Morgan fingerprint density at radius 2 is 1.47 bits per heavy atom. The molecule has 0 aliphatic heterocycles. The summed E-state index contributed by atoms with van der Waals surface area (Å²) in [7, 11) is 0. The molecule has 1 unspecified atom stereocenters. The molecule has 19 heavy (non-hydrogen) atoms. The maximum atomic E-state index is 12.1. The van der Waals surface area contributed by atoms with Gasteiger partial charge in [0, 0.05) is 0 Å². The van der Waals surface area contributed by atoms with Crippen LogP contribution in [0.1, 0.15) is 53.5 Å². The van der Waals surface area contributed by atoms with Gasteiger partial charge in [0.2, 0.25) is 0 Å². The zero-order valence-corrected chi connectivity index (χ0v) is 12.9. The van der Waals surface area contributed by atoms with E-state index in [0.29, 0.717) is 6.42 Å². The standard InChI is InChI=1S/C17H26O2/c1-15(2,3)12-17(14(18)19,16(4,5)6)13-10-8-7-9-11-13/h7-11H,12H2,1-6H3,(H,18,19). The molecule has 106 valence electrons. The third-order valence-electron chi connectivity index (χ3n) is 3.71. The van der Waals surface area contributed by atoms with Crippen LogP contribution < -0.4 is 0 Å². The van der Waals surface area contributed by atoms with Gasteiger partial charge in [-0.25, -0.2) is 0 Å². The van der Waals surface area contributed by atoms with Gasteiger partial charge in [0.05, 0.1) is 5.41 Å². The Hall–Kier alpha value is -1.31. The van der Waals surface area contributed by atoms with Crippen LogP contribution in [0.3, 0.4) is 0 Å². The first-order chi connectivity index (χ1) is 8.51. The van der Waals surface area contributed by atoms with Gasteiger partial charge in [-0.2, -0.15) is 0 Å². The van der Waals surface area contributed by atoms with Crippen molar-refractivity contribution in [1.82, 2.24) is 0 Å². The lowest BCUT2D eigenvalue weighted by Gasteiger charge is -2.45. The van der Waals surface area contributed by atoms with E-state index < -0.39 is 11.4 Å². The fourth-order valence-corrected chi connectivity index (χ4v) is 2.84. The highest BCUT2D eigenvalue weighted by Gasteiger charge is 2.51. The number of aliphatic carboxylic acids is 1. The molecule has 2 heteroatoms. The molecule has 1 aromatic rings. The maximum absolute atomic E-state index is 12.1. The molecule has 0 heterocycles. The van der Waals surface area contributed by atoms with E-state index in [1.54, 1.807) is 0 Å². The minimum atomic E-state index is -0.869.